The number of aliphatic hydroxyl groups is 1. The van der Waals surface area contributed by atoms with E-state index in [1.807, 2.05) is 6.92 Å². The van der Waals surface area contributed by atoms with Crippen molar-refractivity contribution in [2.45, 2.75) is 38.8 Å². The molecule has 1 unspecified atom stereocenters. The largest absolute Gasteiger partial charge is 0.385 e. The van der Waals surface area contributed by atoms with Gasteiger partial charge in [0, 0.05) is 18.5 Å². The van der Waals surface area contributed by atoms with Crippen LogP contribution in [0.3, 0.4) is 0 Å². The number of aryl methyl sites for hydroxylation is 1. The Morgan fingerprint density at radius 1 is 1.37 bits per heavy atom. The molecule has 0 fully saturated rings. The molecule has 1 heterocycles. The summed E-state index contributed by atoms with van der Waals surface area (Å²) >= 11 is 0. The second-order valence-corrected chi connectivity index (χ2v) is 4.83. The van der Waals surface area contributed by atoms with Gasteiger partial charge in [0.25, 0.3) is 0 Å². The number of hydrogen-bond acceptors (Lipinski definition) is 3. The fourth-order valence-corrected chi connectivity index (χ4v) is 2.12. The van der Waals surface area contributed by atoms with Gasteiger partial charge in [0.1, 0.15) is 18.0 Å². The summed E-state index contributed by atoms with van der Waals surface area (Å²) in [6.45, 7) is 4.37. The molecular formula is C14H18FN3O. The summed E-state index contributed by atoms with van der Waals surface area (Å²) < 4.78 is 15.5. The fourth-order valence-electron chi connectivity index (χ4n) is 2.12. The molecule has 0 aliphatic rings. The van der Waals surface area contributed by atoms with Crippen LogP contribution in [0.5, 0.6) is 0 Å². The van der Waals surface area contributed by atoms with Gasteiger partial charge in [0.05, 0.1) is 5.60 Å². The first-order chi connectivity index (χ1) is 9.04. The fraction of sp³-hybridized carbons (Fsp3) is 0.429. The van der Waals surface area contributed by atoms with Gasteiger partial charge in [-0.2, -0.15) is 5.10 Å². The topological polar surface area (TPSA) is 50.9 Å². The van der Waals surface area contributed by atoms with Gasteiger partial charge < -0.3 is 5.11 Å². The van der Waals surface area contributed by atoms with Gasteiger partial charge in [-0.25, -0.2) is 14.1 Å². The molecule has 1 N–H and O–H groups in total. The number of aromatic nitrogens is 3. The van der Waals surface area contributed by atoms with Crippen LogP contribution in [0.1, 0.15) is 31.7 Å². The van der Waals surface area contributed by atoms with Gasteiger partial charge in [0.15, 0.2) is 0 Å². The minimum absolute atomic E-state index is 0.230. The molecule has 0 amide bonds. The first kappa shape index (κ1) is 13.7. The van der Waals surface area contributed by atoms with Crippen LogP contribution in [0.4, 0.5) is 4.39 Å². The van der Waals surface area contributed by atoms with Crippen LogP contribution in [-0.4, -0.2) is 19.9 Å². The highest BCUT2D eigenvalue weighted by Crippen LogP contribution is 2.26. The summed E-state index contributed by atoms with van der Waals surface area (Å²) in [7, 11) is 0. The van der Waals surface area contributed by atoms with Crippen LogP contribution in [0.2, 0.25) is 0 Å². The van der Waals surface area contributed by atoms with Gasteiger partial charge in [-0.1, -0.05) is 25.1 Å². The van der Waals surface area contributed by atoms with Crippen LogP contribution in [0.25, 0.3) is 0 Å². The van der Waals surface area contributed by atoms with E-state index in [4.69, 9.17) is 0 Å². The summed E-state index contributed by atoms with van der Waals surface area (Å²) in [6, 6.07) is 6.26. The molecule has 2 rings (SSSR count). The van der Waals surface area contributed by atoms with Crippen molar-refractivity contribution in [1.82, 2.24) is 14.8 Å². The summed E-state index contributed by atoms with van der Waals surface area (Å²) in [5.41, 5.74) is -1.02. The minimum Gasteiger partial charge on any atom is -0.385 e. The van der Waals surface area contributed by atoms with E-state index in [1.54, 1.807) is 29.8 Å². The molecule has 102 valence electrons. The molecule has 19 heavy (non-hydrogen) atoms. The third-order valence-electron chi connectivity index (χ3n) is 3.09. The van der Waals surface area contributed by atoms with E-state index in [0.717, 1.165) is 13.0 Å². The number of benzene rings is 1. The zero-order chi connectivity index (χ0) is 13.9. The van der Waals surface area contributed by atoms with Gasteiger partial charge >= 0.3 is 0 Å². The van der Waals surface area contributed by atoms with E-state index in [1.165, 1.54) is 12.4 Å². The Hall–Kier alpha value is -1.75. The van der Waals surface area contributed by atoms with Crippen LogP contribution >= 0.6 is 0 Å². The first-order valence-electron chi connectivity index (χ1n) is 6.38. The second-order valence-electron chi connectivity index (χ2n) is 4.83. The molecule has 1 aromatic heterocycles. The van der Waals surface area contributed by atoms with Crippen LogP contribution in [0.15, 0.2) is 30.6 Å². The predicted molar refractivity (Wildman–Crippen MR) is 70.0 cm³/mol. The molecular weight excluding hydrogens is 245 g/mol. The average Bonchev–Trinajstić information content (AvgIpc) is 2.77. The number of rotatable bonds is 5. The number of hydrogen-bond donors (Lipinski definition) is 1. The molecule has 0 saturated carbocycles. The van der Waals surface area contributed by atoms with Gasteiger partial charge in [-0.3, -0.25) is 0 Å². The Morgan fingerprint density at radius 3 is 2.79 bits per heavy atom. The van der Waals surface area contributed by atoms with Crippen molar-refractivity contribution in [2.24, 2.45) is 0 Å². The Labute approximate surface area is 111 Å². The highest BCUT2D eigenvalue weighted by atomic mass is 19.1. The summed E-state index contributed by atoms with van der Waals surface area (Å²) in [4.78, 5) is 4.14. The van der Waals surface area contributed by atoms with Crippen molar-refractivity contribution in [2.75, 3.05) is 0 Å². The standard InChI is InChI=1S/C14H18FN3O/c1-3-8-18-13(16-10-17-18)9-14(2,19)11-6-4-5-7-12(11)15/h4-7,10,19H,3,8-9H2,1-2H3. The molecule has 0 aliphatic carbocycles. The summed E-state index contributed by atoms with van der Waals surface area (Å²) in [6.07, 6.45) is 2.62. The third kappa shape index (κ3) is 2.98. The van der Waals surface area contributed by atoms with Gasteiger partial charge in [-0.05, 0) is 19.4 Å². The highest BCUT2D eigenvalue weighted by molar-refractivity contribution is 5.24. The van der Waals surface area contributed by atoms with Crippen molar-refractivity contribution in [3.63, 3.8) is 0 Å². The second kappa shape index (κ2) is 5.48. The smallest absolute Gasteiger partial charge is 0.138 e. The lowest BCUT2D eigenvalue weighted by Gasteiger charge is -2.24. The third-order valence-corrected chi connectivity index (χ3v) is 3.09. The van der Waals surface area contributed by atoms with Crippen molar-refractivity contribution in [3.05, 3.63) is 47.8 Å². The Balaban J connectivity index is 2.26. The maximum atomic E-state index is 13.8. The first-order valence-corrected chi connectivity index (χ1v) is 6.38. The maximum absolute atomic E-state index is 13.8. The number of nitrogens with zero attached hydrogens (tertiary/aromatic N) is 3. The molecule has 0 radical (unpaired) electrons. The van der Waals surface area contributed by atoms with Crippen LogP contribution in [0, 0.1) is 5.82 Å². The normalized spacial score (nSPS) is 14.3. The van der Waals surface area contributed by atoms with Crippen molar-refractivity contribution < 1.29 is 9.50 Å². The van der Waals surface area contributed by atoms with Crippen LogP contribution in [-0.2, 0) is 18.6 Å². The Morgan fingerprint density at radius 2 is 2.11 bits per heavy atom. The van der Waals surface area contributed by atoms with E-state index >= 15 is 0 Å². The molecule has 0 saturated heterocycles. The summed E-state index contributed by atoms with van der Waals surface area (Å²) in [5.74, 6) is 0.254. The molecule has 0 bridgehead atoms. The quantitative estimate of drug-likeness (QED) is 0.900. The van der Waals surface area contributed by atoms with E-state index in [0.29, 0.717) is 5.82 Å². The van der Waals surface area contributed by atoms with Crippen molar-refractivity contribution in [3.8, 4) is 0 Å². The molecule has 4 nitrogen and oxygen atoms in total. The zero-order valence-electron chi connectivity index (χ0n) is 11.2. The SMILES string of the molecule is CCCn1ncnc1CC(C)(O)c1ccccc1F. The molecule has 1 atom stereocenters. The zero-order valence-corrected chi connectivity index (χ0v) is 11.2. The van der Waals surface area contributed by atoms with Crippen LogP contribution < -0.4 is 0 Å². The average molecular weight is 263 g/mol. The molecule has 5 heteroatoms. The van der Waals surface area contributed by atoms with E-state index in [9.17, 15) is 9.50 Å². The minimum atomic E-state index is -1.30. The lowest BCUT2D eigenvalue weighted by Crippen LogP contribution is -2.27. The van der Waals surface area contributed by atoms with E-state index < -0.39 is 11.4 Å². The predicted octanol–water partition coefficient (Wildman–Crippen LogP) is 2.28. The maximum Gasteiger partial charge on any atom is 0.138 e. The molecule has 0 aliphatic heterocycles. The Bertz CT molecular complexity index is 551. The van der Waals surface area contributed by atoms with Crippen molar-refractivity contribution in [1.29, 1.82) is 0 Å². The van der Waals surface area contributed by atoms with E-state index in [-0.39, 0.29) is 12.0 Å². The molecule has 0 spiro atoms. The molecule has 1 aromatic carbocycles. The van der Waals surface area contributed by atoms with Crippen molar-refractivity contribution >= 4 is 0 Å². The monoisotopic (exact) mass is 263 g/mol. The lowest BCUT2D eigenvalue weighted by molar-refractivity contribution is 0.0504. The highest BCUT2D eigenvalue weighted by Gasteiger charge is 2.28. The van der Waals surface area contributed by atoms with E-state index in [2.05, 4.69) is 10.1 Å². The number of halogens is 1. The Kier molecular flexibility index (Phi) is 3.95. The molecule has 2 aromatic rings. The summed E-state index contributed by atoms with van der Waals surface area (Å²) in [5, 5.41) is 14.6. The van der Waals surface area contributed by atoms with Gasteiger partial charge in [-0.15, -0.1) is 0 Å². The lowest BCUT2D eigenvalue weighted by atomic mass is 9.92. The van der Waals surface area contributed by atoms with Gasteiger partial charge in [0.2, 0.25) is 0 Å².